The van der Waals surface area contributed by atoms with Crippen molar-refractivity contribution in [2.75, 3.05) is 0 Å². The molecule has 7 nitrogen and oxygen atoms in total. The number of carbonyl (C=O) groups is 1. The smallest absolute Gasteiger partial charge is 0.277 e. The summed E-state index contributed by atoms with van der Waals surface area (Å²) in [4.78, 5) is 38.1. The van der Waals surface area contributed by atoms with Crippen LogP contribution < -0.4 is 10.9 Å². The van der Waals surface area contributed by atoms with Gasteiger partial charge in [0.05, 0.1) is 5.02 Å². The zero-order valence-electron chi connectivity index (χ0n) is 19.1. The van der Waals surface area contributed by atoms with Crippen molar-refractivity contribution in [1.29, 1.82) is 0 Å². The van der Waals surface area contributed by atoms with Gasteiger partial charge in [-0.05, 0) is 79.6 Å². The second-order valence-corrected chi connectivity index (χ2v) is 10.1. The molecule has 0 bridgehead atoms. The summed E-state index contributed by atoms with van der Waals surface area (Å²) in [7, 11) is 0. The maximum atomic E-state index is 13.4. The van der Waals surface area contributed by atoms with E-state index in [4.69, 9.17) is 39.8 Å². The van der Waals surface area contributed by atoms with Gasteiger partial charge in [-0.2, -0.15) is 0 Å². The van der Waals surface area contributed by atoms with Crippen LogP contribution in [0.3, 0.4) is 0 Å². The van der Waals surface area contributed by atoms with Gasteiger partial charge in [-0.1, -0.05) is 34.8 Å². The largest absolute Gasteiger partial charge is 0.349 e. The maximum absolute atomic E-state index is 13.4. The minimum absolute atomic E-state index is 0.119. The van der Waals surface area contributed by atoms with Crippen LogP contribution in [-0.2, 0) is 0 Å². The fourth-order valence-corrected chi connectivity index (χ4v) is 4.73. The summed E-state index contributed by atoms with van der Waals surface area (Å²) < 4.78 is 1.72. The zero-order chi connectivity index (χ0) is 25.7. The quantitative estimate of drug-likeness (QED) is 0.269. The highest BCUT2D eigenvalue weighted by Crippen LogP contribution is 2.31. The fourth-order valence-electron chi connectivity index (χ4n) is 4.10. The molecular formula is C27H18Cl3N5O2. The van der Waals surface area contributed by atoms with Gasteiger partial charge in [0.15, 0.2) is 11.2 Å². The molecule has 1 amide bonds. The summed E-state index contributed by atoms with van der Waals surface area (Å²) in [5, 5.41) is 4.38. The molecule has 0 spiro atoms. The molecule has 1 aliphatic carbocycles. The molecule has 2 N–H and O–H groups in total. The lowest BCUT2D eigenvalue weighted by Gasteiger charge is -2.11. The number of benzene rings is 3. The summed E-state index contributed by atoms with van der Waals surface area (Å²) in [6, 6.07) is 19.4. The molecule has 0 aliphatic heterocycles. The van der Waals surface area contributed by atoms with E-state index in [2.05, 4.69) is 15.3 Å². The number of aromatic nitrogens is 4. The number of imidazole rings is 1. The molecule has 3 aromatic carbocycles. The van der Waals surface area contributed by atoms with Crippen molar-refractivity contribution in [3.05, 3.63) is 97.7 Å². The number of halogens is 3. The molecule has 37 heavy (non-hydrogen) atoms. The van der Waals surface area contributed by atoms with E-state index in [9.17, 15) is 9.59 Å². The number of fused-ring (bicyclic) bond motifs is 1. The van der Waals surface area contributed by atoms with Gasteiger partial charge in [-0.3, -0.25) is 14.2 Å². The molecule has 6 rings (SSSR count). The van der Waals surface area contributed by atoms with E-state index in [-0.39, 0.29) is 28.9 Å². The molecule has 0 radical (unpaired) electrons. The van der Waals surface area contributed by atoms with Crippen molar-refractivity contribution in [3.8, 4) is 28.5 Å². The molecule has 0 atom stereocenters. The molecule has 1 fully saturated rings. The molecule has 5 aromatic rings. The zero-order valence-corrected chi connectivity index (χ0v) is 21.4. The van der Waals surface area contributed by atoms with E-state index in [0.717, 1.165) is 18.4 Å². The molecule has 2 aromatic heterocycles. The summed E-state index contributed by atoms with van der Waals surface area (Å²) in [6.45, 7) is 0. The Morgan fingerprint density at radius 2 is 1.62 bits per heavy atom. The number of nitrogens with one attached hydrogen (secondary N) is 2. The molecule has 0 unspecified atom stereocenters. The van der Waals surface area contributed by atoms with Gasteiger partial charge in [-0.25, -0.2) is 9.97 Å². The molecule has 2 heterocycles. The average molecular weight is 551 g/mol. The maximum Gasteiger partial charge on any atom is 0.277 e. The Bertz CT molecular complexity index is 1720. The standard InChI is InChI=1S/C27H18Cl3N5O2/c28-16-5-1-14(2-6-16)25-33-24-22(27(37)34-23(32-24)20-12-7-17(29)13-21(20)30)35(25)19-10-3-15(4-11-19)26(36)31-18-8-9-18/h1-7,10-13,18H,8-9H2,(H,31,36)(H,32,34,37). The molecular weight excluding hydrogens is 533 g/mol. The number of amides is 1. The number of hydrogen-bond acceptors (Lipinski definition) is 4. The highest BCUT2D eigenvalue weighted by molar-refractivity contribution is 6.36. The Morgan fingerprint density at radius 3 is 2.30 bits per heavy atom. The summed E-state index contributed by atoms with van der Waals surface area (Å²) in [6.07, 6.45) is 2.02. The van der Waals surface area contributed by atoms with Crippen LogP contribution in [0.5, 0.6) is 0 Å². The number of rotatable bonds is 5. The summed E-state index contributed by atoms with van der Waals surface area (Å²) >= 11 is 18.5. The molecule has 1 aliphatic rings. The van der Waals surface area contributed by atoms with Crippen molar-refractivity contribution in [2.24, 2.45) is 0 Å². The van der Waals surface area contributed by atoms with Gasteiger partial charge in [-0.15, -0.1) is 0 Å². The summed E-state index contributed by atoms with van der Waals surface area (Å²) in [5.41, 5.74) is 2.57. The first-order valence-electron chi connectivity index (χ1n) is 11.5. The van der Waals surface area contributed by atoms with Gasteiger partial charge in [0, 0.05) is 38.5 Å². The fraction of sp³-hybridized carbons (Fsp3) is 0.111. The first kappa shape index (κ1) is 23.7. The van der Waals surface area contributed by atoms with Crippen molar-refractivity contribution in [2.45, 2.75) is 18.9 Å². The highest BCUT2D eigenvalue weighted by Gasteiger charge is 2.24. The van der Waals surface area contributed by atoms with Crippen LogP contribution in [0.25, 0.3) is 39.6 Å². The van der Waals surface area contributed by atoms with E-state index < -0.39 is 5.56 Å². The van der Waals surface area contributed by atoms with E-state index >= 15 is 0 Å². The third-order valence-electron chi connectivity index (χ3n) is 6.11. The monoisotopic (exact) mass is 549 g/mol. The Balaban J connectivity index is 1.52. The number of aromatic amines is 1. The van der Waals surface area contributed by atoms with E-state index in [1.165, 1.54) is 0 Å². The van der Waals surface area contributed by atoms with E-state index in [1.807, 2.05) is 12.1 Å². The first-order chi connectivity index (χ1) is 17.9. The first-order valence-corrected chi connectivity index (χ1v) is 12.7. The lowest BCUT2D eigenvalue weighted by atomic mass is 10.1. The number of carbonyl (C=O) groups excluding carboxylic acids is 1. The Morgan fingerprint density at radius 1 is 0.919 bits per heavy atom. The van der Waals surface area contributed by atoms with E-state index in [1.54, 1.807) is 59.2 Å². The van der Waals surface area contributed by atoms with Gasteiger partial charge < -0.3 is 10.3 Å². The van der Waals surface area contributed by atoms with Crippen LogP contribution in [0.1, 0.15) is 23.2 Å². The summed E-state index contributed by atoms with van der Waals surface area (Å²) in [5.74, 6) is 0.657. The Hall–Kier alpha value is -3.65. The van der Waals surface area contributed by atoms with Gasteiger partial charge in [0.2, 0.25) is 0 Å². The van der Waals surface area contributed by atoms with Crippen molar-refractivity contribution in [3.63, 3.8) is 0 Å². The number of H-pyrrole nitrogens is 1. The predicted octanol–water partition coefficient (Wildman–Crippen LogP) is 6.30. The molecule has 10 heteroatoms. The number of nitrogens with zero attached hydrogens (tertiary/aromatic N) is 3. The van der Waals surface area contributed by atoms with Gasteiger partial charge in [0.1, 0.15) is 11.6 Å². The van der Waals surface area contributed by atoms with Gasteiger partial charge >= 0.3 is 0 Å². The number of hydrogen-bond donors (Lipinski definition) is 2. The topological polar surface area (TPSA) is 92.7 Å². The molecule has 184 valence electrons. The minimum Gasteiger partial charge on any atom is -0.349 e. The van der Waals surface area contributed by atoms with Crippen LogP contribution in [0.4, 0.5) is 0 Å². The van der Waals surface area contributed by atoms with Crippen LogP contribution in [0, 0.1) is 0 Å². The second kappa shape index (κ2) is 9.34. The minimum atomic E-state index is -0.394. The van der Waals surface area contributed by atoms with Crippen LogP contribution in [-0.4, -0.2) is 31.5 Å². The molecule has 0 saturated heterocycles. The van der Waals surface area contributed by atoms with Gasteiger partial charge in [0.25, 0.3) is 11.5 Å². The lowest BCUT2D eigenvalue weighted by Crippen LogP contribution is -2.25. The average Bonchev–Trinajstić information content (AvgIpc) is 3.61. The van der Waals surface area contributed by atoms with Crippen LogP contribution in [0.2, 0.25) is 15.1 Å². The Labute approximate surface area is 226 Å². The third-order valence-corrected chi connectivity index (χ3v) is 6.91. The molecule has 1 saturated carbocycles. The second-order valence-electron chi connectivity index (χ2n) is 8.78. The SMILES string of the molecule is O=C(NC1CC1)c1ccc(-n2c(-c3ccc(Cl)cc3)nc3nc(-c4ccc(Cl)cc4Cl)[nH]c(=O)c32)cc1. The Kier molecular flexibility index (Phi) is 5.99. The van der Waals surface area contributed by atoms with E-state index in [0.29, 0.717) is 37.7 Å². The predicted molar refractivity (Wildman–Crippen MR) is 146 cm³/mol. The highest BCUT2D eigenvalue weighted by atomic mass is 35.5. The normalized spacial score (nSPS) is 13.2. The van der Waals surface area contributed by atoms with Crippen molar-refractivity contribution in [1.82, 2.24) is 24.8 Å². The van der Waals surface area contributed by atoms with Crippen molar-refractivity contribution < 1.29 is 4.79 Å². The third kappa shape index (κ3) is 4.62. The van der Waals surface area contributed by atoms with Crippen LogP contribution >= 0.6 is 34.8 Å². The van der Waals surface area contributed by atoms with Crippen LogP contribution in [0.15, 0.2) is 71.5 Å². The van der Waals surface area contributed by atoms with Crippen molar-refractivity contribution >= 4 is 51.9 Å². The lowest BCUT2D eigenvalue weighted by molar-refractivity contribution is 0.0951.